The van der Waals surface area contributed by atoms with Crippen molar-refractivity contribution in [3.63, 3.8) is 0 Å². The first kappa shape index (κ1) is 23.4. The molecule has 1 unspecified atom stereocenters. The maximum Gasteiger partial charge on any atom is 0.225 e. The van der Waals surface area contributed by atoms with Crippen molar-refractivity contribution in [2.75, 3.05) is 31.5 Å². The molecule has 4 N–H and O–H groups in total. The summed E-state index contributed by atoms with van der Waals surface area (Å²) in [6, 6.07) is 7.92. The number of carbonyl (C=O) groups is 2. The van der Waals surface area contributed by atoms with E-state index in [1.165, 1.54) is 6.42 Å². The molecular formula is C21H32IN5O2. The minimum absolute atomic E-state index is 0. The molecule has 1 atom stereocenters. The van der Waals surface area contributed by atoms with E-state index in [0.29, 0.717) is 19.5 Å². The average molecular weight is 513 g/mol. The van der Waals surface area contributed by atoms with Crippen LogP contribution in [0.1, 0.15) is 50.5 Å². The molecule has 7 nitrogen and oxygen atoms in total. The van der Waals surface area contributed by atoms with E-state index in [-0.39, 0.29) is 47.6 Å². The van der Waals surface area contributed by atoms with E-state index >= 15 is 0 Å². The molecule has 0 aromatic heterocycles. The number of fused-ring (bicyclic) bond motifs is 1. The number of hydrogen-bond donors (Lipinski definition) is 4. The highest BCUT2D eigenvalue weighted by Crippen LogP contribution is 2.32. The van der Waals surface area contributed by atoms with Crippen LogP contribution < -0.4 is 21.3 Å². The normalized spacial score (nSPS) is 18.6. The Labute approximate surface area is 189 Å². The van der Waals surface area contributed by atoms with Gasteiger partial charge in [-0.05, 0) is 37.8 Å². The van der Waals surface area contributed by atoms with Crippen LogP contribution in [0, 0.1) is 5.92 Å². The van der Waals surface area contributed by atoms with Gasteiger partial charge in [-0.25, -0.2) is 0 Å². The number of hydrogen-bond acceptors (Lipinski definition) is 3. The van der Waals surface area contributed by atoms with Gasteiger partial charge in [0.25, 0.3) is 0 Å². The van der Waals surface area contributed by atoms with Gasteiger partial charge in [-0.2, -0.15) is 0 Å². The summed E-state index contributed by atoms with van der Waals surface area (Å²) in [7, 11) is 0. The van der Waals surface area contributed by atoms with E-state index in [2.05, 4.69) is 32.3 Å². The molecule has 1 heterocycles. The summed E-state index contributed by atoms with van der Waals surface area (Å²) in [6.07, 6.45) is 4.53. The lowest BCUT2D eigenvalue weighted by atomic mass is 9.85. The number of halogens is 1. The Morgan fingerprint density at radius 2 is 1.93 bits per heavy atom. The van der Waals surface area contributed by atoms with Crippen molar-refractivity contribution in [3.8, 4) is 0 Å². The number of para-hydroxylation sites is 1. The molecule has 160 valence electrons. The zero-order valence-electron chi connectivity index (χ0n) is 17.0. The van der Waals surface area contributed by atoms with Crippen molar-refractivity contribution >= 4 is 47.4 Å². The molecule has 2 aliphatic rings. The summed E-state index contributed by atoms with van der Waals surface area (Å²) in [5.74, 6) is 1.31. The lowest BCUT2D eigenvalue weighted by Crippen LogP contribution is -2.40. The maximum absolute atomic E-state index is 12.0. The first-order chi connectivity index (χ1) is 13.7. The standard InChI is InChI=1S/C21H31N5O2.HI/c1-2-22-21(24-12-6-11-23-20(28)15-7-5-8-15)25-14-16-13-19(27)26-18-10-4-3-9-17(16)18;/h3-4,9-10,15-16H,2,5-8,11-14H2,1H3,(H,23,28)(H,26,27)(H2,22,24,25);1H. The Hall–Kier alpha value is -1.84. The second-order valence-corrected chi connectivity index (χ2v) is 7.46. The van der Waals surface area contributed by atoms with E-state index in [0.717, 1.165) is 49.6 Å². The van der Waals surface area contributed by atoms with Gasteiger partial charge in [-0.1, -0.05) is 24.6 Å². The van der Waals surface area contributed by atoms with Gasteiger partial charge < -0.3 is 21.3 Å². The Bertz CT molecular complexity index is 721. The topological polar surface area (TPSA) is 94.6 Å². The first-order valence-electron chi connectivity index (χ1n) is 10.4. The van der Waals surface area contributed by atoms with Crippen LogP contribution in [0.2, 0.25) is 0 Å². The van der Waals surface area contributed by atoms with Crippen molar-refractivity contribution in [2.45, 2.75) is 44.9 Å². The van der Waals surface area contributed by atoms with E-state index in [4.69, 9.17) is 0 Å². The highest BCUT2D eigenvalue weighted by Gasteiger charge is 2.25. The van der Waals surface area contributed by atoms with Crippen molar-refractivity contribution in [1.29, 1.82) is 0 Å². The van der Waals surface area contributed by atoms with Gasteiger partial charge in [0, 0.05) is 43.6 Å². The molecule has 1 saturated carbocycles. The Morgan fingerprint density at radius 1 is 1.17 bits per heavy atom. The fourth-order valence-corrected chi connectivity index (χ4v) is 3.53. The van der Waals surface area contributed by atoms with Crippen LogP contribution in [0.15, 0.2) is 29.3 Å². The Kier molecular flexibility index (Phi) is 9.69. The third-order valence-electron chi connectivity index (χ3n) is 5.34. The lowest BCUT2D eigenvalue weighted by molar-refractivity contribution is -0.127. The van der Waals surface area contributed by atoms with Crippen LogP contribution in [-0.4, -0.2) is 44.0 Å². The van der Waals surface area contributed by atoms with Crippen molar-refractivity contribution in [3.05, 3.63) is 29.8 Å². The smallest absolute Gasteiger partial charge is 0.225 e. The number of rotatable bonds is 8. The third kappa shape index (κ3) is 6.87. The van der Waals surface area contributed by atoms with Gasteiger partial charge in [0.05, 0.1) is 6.54 Å². The van der Waals surface area contributed by atoms with Crippen LogP contribution >= 0.6 is 24.0 Å². The van der Waals surface area contributed by atoms with E-state index in [1.807, 2.05) is 25.1 Å². The fraction of sp³-hybridized carbons (Fsp3) is 0.571. The number of aliphatic imine (C=N–C) groups is 1. The van der Waals surface area contributed by atoms with Gasteiger partial charge in [-0.3, -0.25) is 14.6 Å². The molecule has 1 aromatic rings. The largest absolute Gasteiger partial charge is 0.357 e. The zero-order chi connectivity index (χ0) is 19.8. The minimum atomic E-state index is 0. The van der Waals surface area contributed by atoms with Gasteiger partial charge in [-0.15, -0.1) is 24.0 Å². The molecule has 1 aliphatic carbocycles. The number of anilines is 1. The molecular weight excluding hydrogens is 481 g/mol. The van der Waals surface area contributed by atoms with Crippen LogP contribution in [0.3, 0.4) is 0 Å². The number of amides is 2. The maximum atomic E-state index is 12.0. The monoisotopic (exact) mass is 513 g/mol. The number of benzene rings is 1. The molecule has 8 heteroatoms. The summed E-state index contributed by atoms with van der Waals surface area (Å²) >= 11 is 0. The highest BCUT2D eigenvalue weighted by molar-refractivity contribution is 14.0. The molecule has 0 saturated heterocycles. The Balaban J connectivity index is 0.00000300. The quantitative estimate of drug-likeness (QED) is 0.186. The number of nitrogens with one attached hydrogen (secondary N) is 4. The predicted octanol–water partition coefficient (Wildman–Crippen LogP) is 2.59. The molecule has 29 heavy (non-hydrogen) atoms. The van der Waals surface area contributed by atoms with Gasteiger partial charge in [0.1, 0.15) is 0 Å². The molecule has 0 radical (unpaired) electrons. The van der Waals surface area contributed by atoms with Crippen LogP contribution in [0.5, 0.6) is 0 Å². The van der Waals surface area contributed by atoms with Crippen molar-refractivity contribution in [2.24, 2.45) is 10.9 Å². The SMILES string of the molecule is CCNC(=NCC1CC(=O)Nc2ccccc21)NCCCNC(=O)C1CCC1.I. The highest BCUT2D eigenvalue weighted by atomic mass is 127. The molecule has 2 amide bonds. The molecule has 0 spiro atoms. The summed E-state index contributed by atoms with van der Waals surface area (Å²) in [5.41, 5.74) is 2.03. The van der Waals surface area contributed by atoms with Gasteiger partial charge in [0.2, 0.25) is 11.8 Å². The summed E-state index contributed by atoms with van der Waals surface area (Å²) in [6.45, 7) is 4.76. The van der Waals surface area contributed by atoms with E-state index in [9.17, 15) is 9.59 Å². The number of carbonyl (C=O) groups excluding carboxylic acids is 2. The lowest BCUT2D eigenvalue weighted by Gasteiger charge is -2.24. The number of nitrogens with zero attached hydrogens (tertiary/aromatic N) is 1. The average Bonchev–Trinajstić information content (AvgIpc) is 2.64. The van der Waals surface area contributed by atoms with Gasteiger partial charge >= 0.3 is 0 Å². The number of guanidine groups is 1. The zero-order valence-corrected chi connectivity index (χ0v) is 19.3. The van der Waals surface area contributed by atoms with Gasteiger partial charge in [0.15, 0.2) is 5.96 Å². The second-order valence-electron chi connectivity index (χ2n) is 7.46. The molecule has 1 aromatic carbocycles. The van der Waals surface area contributed by atoms with Crippen molar-refractivity contribution in [1.82, 2.24) is 16.0 Å². The molecule has 1 fully saturated rings. The first-order valence-corrected chi connectivity index (χ1v) is 10.4. The van der Waals surface area contributed by atoms with Crippen molar-refractivity contribution < 1.29 is 9.59 Å². The van der Waals surface area contributed by atoms with E-state index in [1.54, 1.807) is 0 Å². The molecule has 0 bridgehead atoms. The van der Waals surface area contributed by atoms with Crippen LogP contribution in [0.4, 0.5) is 5.69 Å². The third-order valence-corrected chi connectivity index (χ3v) is 5.34. The second kappa shape index (κ2) is 12.0. The summed E-state index contributed by atoms with van der Waals surface area (Å²) in [4.78, 5) is 28.5. The summed E-state index contributed by atoms with van der Waals surface area (Å²) in [5, 5.41) is 12.5. The molecule has 3 rings (SSSR count). The Morgan fingerprint density at radius 3 is 2.66 bits per heavy atom. The summed E-state index contributed by atoms with van der Waals surface area (Å²) < 4.78 is 0. The molecule has 1 aliphatic heterocycles. The minimum Gasteiger partial charge on any atom is -0.357 e. The predicted molar refractivity (Wildman–Crippen MR) is 127 cm³/mol. The van der Waals surface area contributed by atoms with E-state index < -0.39 is 0 Å². The fourth-order valence-electron chi connectivity index (χ4n) is 3.53. The van der Waals surface area contributed by atoms with Crippen LogP contribution in [0.25, 0.3) is 0 Å². The van der Waals surface area contributed by atoms with Crippen LogP contribution in [-0.2, 0) is 9.59 Å².